The van der Waals surface area contributed by atoms with Gasteiger partial charge in [-0.3, -0.25) is 0 Å². The Morgan fingerprint density at radius 1 is 1.21 bits per heavy atom. The number of esters is 1. The fourth-order valence-corrected chi connectivity index (χ4v) is 5.57. The van der Waals surface area contributed by atoms with Crippen LogP contribution in [0.15, 0.2) is 36.5 Å². The van der Waals surface area contributed by atoms with E-state index in [1.165, 1.54) is 33.0 Å². The molecule has 5 heterocycles. The van der Waals surface area contributed by atoms with Crippen LogP contribution in [0.3, 0.4) is 0 Å². The number of halogens is 1. The van der Waals surface area contributed by atoms with E-state index in [1.807, 2.05) is 6.07 Å². The summed E-state index contributed by atoms with van der Waals surface area (Å²) in [5.41, 5.74) is 2.23. The van der Waals surface area contributed by atoms with Crippen molar-refractivity contribution in [1.82, 2.24) is 19.9 Å². The van der Waals surface area contributed by atoms with Crippen molar-refractivity contribution < 1.29 is 9.53 Å². The van der Waals surface area contributed by atoms with E-state index in [0.29, 0.717) is 22.5 Å². The highest BCUT2D eigenvalue weighted by molar-refractivity contribution is 7.18. The Kier molecular flexibility index (Phi) is 4.89. The van der Waals surface area contributed by atoms with Crippen LogP contribution >= 0.6 is 22.9 Å². The highest BCUT2D eigenvalue weighted by atomic mass is 35.5. The molecule has 6 nitrogen and oxygen atoms in total. The average Bonchev–Trinajstić information content (AvgIpc) is 3.44. The molecule has 2 bridgehead atoms. The Bertz CT molecular complexity index is 1050. The topological polar surface area (TPSA) is 60.2 Å². The Labute approximate surface area is 178 Å². The van der Waals surface area contributed by atoms with E-state index in [0.717, 1.165) is 27.6 Å². The number of ether oxygens (including phenoxy) is 1. The van der Waals surface area contributed by atoms with Crippen LogP contribution in [0.25, 0.3) is 21.0 Å². The summed E-state index contributed by atoms with van der Waals surface area (Å²) in [6, 6.07) is 9.93. The maximum atomic E-state index is 11.7. The molecule has 3 aliphatic rings. The minimum atomic E-state index is -0.433. The lowest BCUT2D eigenvalue weighted by molar-refractivity contribution is 0.0504. The third kappa shape index (κ3) is 3.47. The standard InChI is InChI=1S/C21H21ClN4O2S/c1-28-21(27)15-3-2-14(10-16(15)22)19-4-5-20(29-19)17-11-26(24-23-17)18-12-25-8-6-13(18)7-9-25/h2-5,10-11,13,18H,6-9,12H2,1H3/t18-/m0/s1. The number of rotatable bonds is 4. The van der Waals surface area contributed by atoms with Crippen molar-refractivity contribution in [2.75, 3.05) is 26.7 Å². The molecule has 3 fully saturated rings. The number of methoxy groups -OCH3 is 1. The van der Waals surface area contributed by atoms with Gasteiger partial charge in [-0.15, -0.1) is 16.4 Å². The van der Waals surface area contributed by atoms with Gasteiger partial charge in [0.25, 0.3) is 0 Å². The number of benzene rings is 1. The molecule has 1 aromatic carbocycles. The Hall–Kier alpha value is -2.22. The molecule has 0 aliphatic carbocycles. The van der Waals surface area contributed by atoms with E-state index in [2.05, 4.69) is 38.2 Å². The third-order valence-corrected chi connectivity index (χ3v) is 7.46. The fourth-order valence-electron chi connectivity index (χ4n) is 4.36. The predicted octanol–water partition coefficient (Wildman–Crippen LogP) is 4.38. The Balaban J connectivity index is 1.38. The average molecular weight is 429 g/mol. The molecule has 1 atom stereocenters. The number of aromatic nitrogens is 3. The monoisotopic (exact) mass is 428 g/mol. The number of hydrogen-bond donors (Lipinski definition) is 0. The van der Waals surface area contributed by atoms with Gasteiger partial charge in [0, 0.05) is 11.4 Å². The van der Waals surface area contributed by atoms with Crippen LogP contribution in [0.2, 0.25) is 5.02 Å². The molecule has 3 aromatic rings. The second-order valence-corrected chi connectivity index (χ2v) is 9.13. The summed E-state index contributed by atoms with van der Waals surface area (Å²) >= 11 is 7.91. The molecule has 29 heavy (non-hydrogen) atoms. The van der Waals surface area contributed by atoms with Gasteiger partial charge in [0.1, 0.15) is 5.69 Å². The minimum Gasteiger partial charge on any atom is -0.465 e. The van der Waals surface area contributed by atoms with Crippen LogP contribution in [0.5, 0.6) is 0 Å². The quantitative estimate of drug-likeness (QED) is 0.577. The molecule has 0 radical (unpaired) electrons. The van der Waals surface area contributed by atoms with Gasteiger partial charge in [-0.05, 0) is 61.7 Å². The van der Waals surface area contributed by atoms with E-state index < -0.39 is 5.97 Å². The summed E-state index contributed by atoms with van der Waals surface area (Å²) < 4.78 is 6.82. The van der Waals surface area contributed by atoms with E-state index >= 15 is 0 Å². The van der Waals surface area contributed by atoms with E-state index in [-0.39, 0.29) is 0 Å². The number of fused-ring (bicyclic) bond motifs is 3. The molecule has 150 valence electrons. The summed E-state index contributed by atoms with van der Waals surface area (Å²) in [5.74, 6) is 0.279. The number of carbonyl (C=O) groups excluding carboxylic acids is 1. The molecule has 8 heteroatoms. The molecule has 0 saturated carbocycles. The van der Waals surface area contributed by atoms with Crippen LogP contribution in [0, 0.1) is 5.92 Å². The highest BCUT2D eigenvalue weighted by Crippen LogP contribution is 2.38. The fraction of sp³-hybridized carbons (Fsp3) is 0.381. The lowest BCUT2D eigenvalue weighted by Crippen LogP contribution is -2.48. The largest absolute Gasteiger partial charge is 0.465 e. The third-order valence-electron chi connectivity index (χ3n) is 5.99. The summed E-state index contributed by atoms with van der Waals surface area (Å²) in [7, 11) is 1.35. The van der Waals surface area contributed by atoms with Gasteiger partial charge >= 0.3 is 5.97 Å². The van der Waals surface area contributed by atoms with E-state index in [9.17, 15) is 4.79 Å². The second kappa shape index (κ2) is 7.55. The zero-order valence-electron chi connectivity index (χ0n) is 16.0. The second-order valence-electron chi connectivity index (χ2n) is 7.64. The first kappa shape index (κ1) is 18.8. The van der Waals surface area contributed by atoms with Crippen molar-refractivity contribution >= 4 is 28.9 Å². The van der Waals surface area contributed by atoms with Gasteiger partial charge < -0.3 is 9.64 Å². The highest BCUT2D eigenvalue weighted by Gasteiger charge is 2.35. The molecule has 2 aromatic heterocycles. The maximum absolute atomic E-state index is 11.7. The maximum Gasteiger partial charge on any atom is 0.339 e. The van der Waals surface area contributed by atoms with Crippen LogP contribution < -0.4 is 0 Å². The van der Waals surface area contributed by atoms with Crippen molar-refractivity contribution in [2.45, 2.75) is 18.9 Å². The van der Waals surface area contributed by atoms with E-state index in [4.69, 9.17) is 16.3 Å². The molecule has 0 unspecified atom stereocenters. The minimum absolute atomic E-state index is 0.371. The van der Waals surface area contributed by atoms with Gasteiger partial charge in [0.15, 0.2) is 0 Å². The first-order valence-electron chi connectivity index (χ1n) is 9.75. The predicted molar refractivity (Wildman–Crippen MR) is 113 cm³/mol. The Morgan fingerprint density at radius 2 is 2.00 bits per heavy atom. The molecule has 0 N–H and O–H groups in total. The molecule has 0 amide bonds. The van der Waals surface area contributed by atoms with Gasteiger partial charge in [-0.1, -0.05) is 22.9 Å². The summed E-state index contributed by atoms with van der Waals surface area (Å²) in [4.78, 5) is 16.4. The van der Waals surface area contributed by atoms with Crippen molar-refractivity contribution in [2.24, 2.45) is 5.92 Å². The number of nitrogens with zero attached hydrogens (tertiary/aromatic N) is 4. The van der Waals surface area contributed by atoms with Crippen molar-refractivity contribution in [3.63, 3.8) is 0 Å². The van der Waals surface area contributed by atoms with Crippen molar-refractivity contribution in [3.8, 4) is 21.0 Å². The number of piperidine rings is 3. The van der Waals surface area contributed by atoms with Crippen molar-refractivity contribution in [1.29, 1.82) is 0 Å². The zero-order chi connectivity index (χ0) is 20.0. The molecule has 0 spiro atoms. The number of carbonyl (C=O) groups is 1. The Morgan fingerprint density at radius 3 is 2.69 bits per heavy atom. The van der Waals surface area contributed by atoms with Gasteiger partial charge in [-0.25, -0.2) is 9.48 Å². The van der Waals surface area contributed by atoms with Crippen LogP contribution in [-0.2, 0) is 4.74 Å². The molecular formula is C21H21ClN4O2S. The molecule has 6 rings (SSSR count). The molecule has 3 aliphatic heterocycles. The van der Waals surface area contributed by atoms with E-state index in [1.54, 1.807) is 23.5 Å². The van der Waals surface area contributed by atoms with Crippen LogP contribution in [0.1, 0.15) is 29.2 Å². The number of thiophene rings is 1. The smallest absolute Gasteiger partial charge is 0.339 e. The summed E-state index contributed by atoms with van der Waals surface area (Å²) in [6.45, 7) is 3.51. The van der Waals surface area contributed by atoms with Crippen LogP contribution in [-0.4, -0.2) is 52.6 Å². The first-order valence-corrected chi connectivity index (χ1v) is 10.9. The molecular weight excluding hydrogens is 408 g/mol. The number of hydrogen-bond acceptors (Lipinski definition) is 6. The van der Waals surface area contributed by atoms with Gasteiger partial charge in [0.05, 0.1) is 34.8 Å². The lowest BCUT2D eigenvalue weighted by atomic mass is 9.84. The van der Waals surface area contributed by atoms with Gasteiger partial charge in [0.2, 0.25) is 0 Å². The van der Waals surface area contributed by atoms with Gasteiger partial charge in [-0.2, -0.15) is 0 Å². The summed E-state index contributed by atoms with van der Waals surface area (Å²) in [5, 5.41) is 9.27. The SMILES string of the molecule is COC(=O)c1ccc(-c2ccc(-c3cn([C@H]4CN5CCC4CC5)nn3)s2)cc1Cl. The summed E-state index contributed by atoms with van der Waals surface area (Å²) in [6.07, 6.45) is 4.59. The first-order chi connectivity index (χ1) is 14.1. The van der Waals surface area contributed by atoms with Crippen LogP contribution in [0.4, 0.5) is 0 Å². The van der Waals surface area contributed by atoms with Crippen molar-refractivity contribution in [3.05, 3.63) is 47.1 Å². The zero-order valence-corrected chi connectivity index (χ0v) is 17.6. The lowest BCUT2D eigenvalue weighted by Gasteiger charge is -2.44. The normalized spacial score (nSPS) is 23.3. The molecule has 3 saturated heterocycles.